The molecule has 2 saturated heterocycles. The van der Waals surface area contributed by atoms with Crippen molar-refractivity contribution in [3.05, 3.63) is 29.6 Å². The number of nitriles is 1. The number of alkyl halides is 2. The van der Waals surface area contributed by atoms with Gasteiger partial charge in [-0.2, -0.15) is 5.26 Å². The summed E-state index contributed by atoms with van der Waals surface area (Å²) in [4.78, 5) is 16.6. The average Bonchev–Trinajstić information content (AvgIpc) is 2.98. The number of hydrogen-bond acceptors (Lipinski definition) is 4. The van der Waals surface area contributed by atoms with Crippen molar-refractivity contribution in [2.45, 2.75) is 32.2 Å². The lowest BCUT2D eigenvalue weighted by Crippen LogP contribution is -2.45. The SMILES string of the molecule is CC(F)(F)[C@]1(C)CN2CC[C@@H](c3cncc(C#N)c3)N2C1=O. The quantitative estimate of drug-likeness (QED) is 0.839. The second kappa shape index (κ2) is 4.71. The van der Waals surface area contributed by atoms with Crippen LogP contribution in [0.2, 0.25) is 0 Å². The van der Waals surface area contributed by atoms with Gasteiger partial charge >= 0.3 is 0 Å². The standard InChI is InChI=1S/C15H16F2N4O/c1-14(15(2,16)17)9-20-4-3-12(21(20)13(14)22)11-5-10(6-18)7-19-8-11/h5,7-8,12H,3-4,9H2,1-2H3/t12-,14+/m0/s1. The normalized spacial score (nSPS) is 28.8. The summed E-state index contributed by atoms with van der Waals surface area (Å²) in [5.74, 6) is -3.66. The van der Waals surface area contributed by atoms with Gasteiger partial charge in [0.1, 0.15) is 11.5 Å². The number of carbonyl (C=O) groups excluding carboxylic acids is 1. The number of aromatic nitrogens is 1. The molecule has 22 heavy (non-hydrogen) atoms. The van der Waals surface area contributed by atoms with Crippen LogP contribution in [0.1, 0.15) is 37.4 Å². The average molecular weight is 306 g/mol. The summed E-state index contributed by atoms with van der Waals surface area (Å²) in [6.45, 7) is 2.66. The minimum atomic E-state index is -3.09. The zero-order valence-corrected chi connectivity index (χ0v) is 12.4. The second-order valence-electron chi connectivity index (χ2n) is 6.18. The summed E-state index contributed by atoms with van der Waals surface area (Å²) in [5, 5.41) is 12.1. The lowest BCUT2D eigenvalue weighted by Gasteiger charge is -2.29. The summed E-state index contributed by atoms with van der Waals surface area (Å²) in [6, 6.07) is 3.33. The van der Waals surface area contributed by atoms with Crippen LogP contribution in [0.5, 0.6) is 0 Å². The number of amides is 1. The van der Waals surface area contributed by atoms with E-state index in [4.69, 9.17) is 5.26 Å². The zero-order chi connectivity index (χ0) is 16.1. The first-order chi connectivity index (χ1) is 10.3. The number of hydrazine groups is 1. The molecule has 3 rings (SSSR count). The predicted octanol–water partition coefficient (Wildman–Crippen LogP) is 2.12. The highest BCUT2D eigenvalue weighted by Crippen LogP contribution is 2.48. The maximum absolute atomic E-state index is 13.9. The maximum atomic E-state index is 13.9. The van der Waals surface area contributed by atoms with Gasteiger partial charge in [-0.25, -0.2) is 13.8 Å². The Morgan fingerprint density at radius 3 is 2.86 bits per heavy atom. The van der Waals surface area contributed by atoms with Crippen LogP contribution in [0.15, 0.2) is 18.5 Å². The fourth-order valence-corrected chi connectivity index (χ4v) is 3.14. The Kier molecular flexibility index (Phi) is 3.18. The fourth-order valence-electron chi connectivity index (χ4n) is 3.14. The Bertz CT molecular complexity index is 666. The number of halogens is 2. The Hall–Kier alpha value is -2.07. The molecular formula is C15H16F2N4O. The van der Waals surface area contributed by atoms with Gasteiger partial charge in [-0.1, -0.05) is 0 Å². The lowest BCUT2D eigenvalue weighted by atomic mass is 9.83. The maximum Gasteiger partial charge on any atom is 0.260 e. The summed E-state index contributed by atoms with van der Waals surface area (Å²) in [6.07, 6.45) is 3.67. The van der Waals surface area contributed by atoms with Crippen LogP contribution in [-0.4, -0.2) is 39.9 Å². The lowest BCUT2D eigenvalue weighted by molar-refractivity contribution is -0.156. The van der Waals surface area contributed by atoms with Gasteiger partial charge in [0, 0.05) is 32.4 Å². The molecule has 0 N–H and O–H groups in total. The molecule has 116 valence electrons. The van der Waals surface area contributed by atoms with E-state index in [9.17, 15) is 13.6 Å². The van der Waals surface area contributed by atoms with E-state index in [-0.39, 0.29) is 12.6 Å². The minimum Gasteiger partial charge on any atom is -0.272 e. The van der Waals surface area contributed by atoms with Crippen LogP contribution >= 0.6 is 0 Å². The van der Waals surface area contributed by atoms with Gasteiger partial charge in [-0.15, -0.1) is 0 Å². The number of hydrogen-bond donors (Lipinski definition) is 0. The van der Waals surface area contributed by atoms with E-state index in [1.807, 2.05) is 6.07 Å². The molecule has 1 aromatic heterocycles. The Labute approximate surface area is 127 Å². The summed E-state index contributed by atoms with van der Waals surface area (Å²) < 4.78 is 27.8. The third-order valence-corrected chi connectivity index (χ3v) is 4.68. The first-order valence-electron chi connectivity index (χ1n) is 7.09. The highest BCUT2D eigenvalue weighted by Gasteiger charge is 2.62. The van der Waals surface area contributed by atoms with Crippen molar-refractivity contribution >= 4 is 5.91 Å². The first-order valence-corrected chi connectivity index (χ1v) is 7.09. The van der Waals surface area contributed by atoms with Gasteiger partial charge in [0.15, 0.2) is 0 Å². The summed E-state index contributed by atoms with van der Waals surface area (Å²) in [7, 11) is 0. The largest absolute Gasteiger partial charge is 0.272 e. The molecule has 2 aliphatic heterocycles. The molecule has 1 amide bonds. The van der Waals surface area contributed by atoms with Crippen molar-refractivity contribution in [3.8, 4) is 6.07 Å². The Morgan fingerprint density at radius 1 is 1.50 bits per heavy atom. The molecule has 0 spiro atoms. The molecule has 2 fully saturated rings. The van der Waals surface area contributed by atoms with Crippen molar-refractivity contribution in [3.63, 3.8) is 0 Å². The van der Waals surface area contributed by atoms with Crippen molar-refractivity contribution in [1.82, 2.24) is 15.0 Å². The second-order valence-corrected chi connectivity index (χ2v) is 6.18. The molecule has 1 aromatic rings. The molecule has 0 unspecified atom stereocenters. The minimum absolute atomic E-state index is 0.0111. The first kappa shape index (κ1) is 14.9. The van der Waals surface area contributed by atoms with Gasteiger partial charge in [-0.3, -0.25) is 14.8 Å². The van der Waals surface area contributed by atoms with Crippen molar-refractivity contribution < 1.29 is 13.6 Å². The van der Waals surface area contributed by atoms with E-state index in [1.165, 1.54) is 18.1 Å². The van der Waals surface area contributed by atoms with Crippen LogP contribution in [0.4, 0.5) is 8.78 Å². The third-order valence-electron chi connectivity index (χ3n) is 4.68. The smallest absolute Gasteiger partial charge is 0.260 e. The molecule has 0 bridgehead atoms. The highest BCUT2D eigenvalue weighted by atomic mass is 19.3. The zero-order valence-electron chi connectivity index (χ0n) is 12.4. The monoisotopic (exact) mass is 306 g/mol. The van der Waals surface area contributed by atoms with E-state index in [0.717, 1.165) is 6.92 Å². The molecular weight excluding hydrogens is 290 g/mol. The molecule has 5 nitrogen and oxygen atoms in total. The number of fused-ring (bicyclic) bond motifs is 1. The fraction of sp³-hybridized carbons (Fsp3) is 0.533. The summed E-state index contributed by atoms with van der Waals surface area (Å²) in [5.41, 5.74) is -0.615. The molecule has 2 aliphatic rings. The van der Waals surface area contributed by atoms with Gasteiger partial charge < -0.3 is 0 Å². The Morgan fingerprint density at radius 2 is 2.23 bits per heavy atom. The van der Waals surface area contributed by atoms with Crippen molar-refractivity contribution in [2.24, 2.45) is 5.41 Å². The molecule has 0 saturated carbocycles. The van der Waals surface area contributed by atoms with E-state index >= 15 is 0 Å². The number of nitrogens with zero attached hydrogens (tertiary/aromatic N) is 4. The van der Waals surface area contributed by atoms with Crippen LogP contribution < -0.4 is 0 Å². The van der Waals surface area contributed by atoms with Crippen LogP contribution in [0, 0.1) is 16.7 Å². The molecule has 0 radical (unpaired) electrons. The summed E-state index contributed by atoms with van der Waals surface area (Å²) >= 11 is 0. The molecule has 0 aliphatic carbocycles. The van der Waals surface area contributed by atoms with E-state index in [1.54, 1.807) is 17.3 Å². The molecule has 7 heteroatoms. The van der Waals surface area contributed by atoms with Crippen molar-refractivity contribution in [2.75, 3.05) is 13.1 Å². The van der Waals surface area contributed by atoms with E-state index in [2.05, 4.69) is 4.98 Å². The van der Waals surface area contributed by atoms with Crippen LogP contribution in [-0.2, 0) is 4.79 Å². The van der Waals surface area contributed by atoms with Crippen LogP contribution in [0.3, 0.4) is 0 Å². The Balaban J connectivity index is 1.95. The highest BCUT2D eigenvalue weighted by molar-refractivity contribution is 5.86. The third kappa shape index (κ3) is 1.98. The molecule has 3 heterocycles. The van der Waals surface area contributed by atoms with Crippen molar-refractivity contribution in [1.29, 1.82) is 5.26 Å². The van der Waals surface area contributed by atoms with Gasteiger partial charge in [-0.05, 0) is 25.0 Å². The molecule has 0 aromatic carbocycles. The van der Waals surface area contributed by atoms with E-state index < -0.39 is 17.2 Å². The predicted molar refractivity (Wildman–Crippen MR) is 73.5 cm³/mol. The number of pyridine rings is 1. The van der Waals surface area contributed by atoms with Crippen LogP contribution in [0.25, 0.3) is 0 Å². The molecule has 2 atom stereocenters. The van der Waals surface area contributed by atoms with Gasteiger partial charge in [0.2, 0.25) is 0 Å². The van der Waals surface area contributed by atoms with Gasteiger partial charge in [0.25, 0.3) is 11.8 Å². The number of carbonyl (C=O) groups is 1. The van der Waals surface area contributed by atoms with E-state index in [0.29, 0.717) is 24.1 Å². The van der Waals surface area contributed by atoms with Gasteiger partial charge in [0.05, 0.1) is 11.6 Å². The number of rotatable bonds is 2. The topological polar surface area (TPSA) is 60.2 Å².